The molecule has 9 heteroatoms. The highest BCUT2D eigenvalue weighted by molar-refractivity contribution is 7.89. The van der Waals surface area contributed by atoms with Gasteiger partial charge in [0.05, 0.1) is 25.0 Å². The van der Waals surface area contributed by atoms with Gasteiger partial charge in [-0.3, -0.25) is 10.1 Å². The van der Waals surface area contributed by atoms with Crippen LogP contribution in [-0.2, 0) is 10.0 Å². The summed E-state index contributed by atoms with van der Waals surface area (Å²) in [5, 5.41) is 21.1. The molecule has 0 unspecified atom stereocenters. The van der Waals surface area contributed by atoms with E-state index in [0.29, 0.717) is 6.26 Å². The van der Waals surface area contributed by atoms with Crippen LogP contribution in [0.5, 0.6) is 0 Å². The zero-order chi connectivity index (χ0) is 10.9. The summed E-state index contributed by atoms with van der Waals surface area (Å²) in [5.41, 5.74) is -2.08. The lowest BCUT2D eigenvalue weighted by atomic mass is 10.3. The largest absolute Gasteiger partial charge is 0.594 e. The first-order valence-corrected chi connectivity index (χ1v) is 4.97. The summed E-state index contributed by atoms with van der Waals surface area (Å²) in [5.74, 6) is 0. The van der Waals surface area contributed by atoms with Crippen molar-refractivity contribution in [2.75, 3.05) is 6.26 Å². The number of hydroxylamine groups is 1. The third-order valence-corrected chi connectivity index (χ3v) is 1.58. The minimum Gasteiger partial charge on any atom is -0.594 e. The summed E-state index contributed by atoms with van der Waals surface area (Å²) in [4.78, 5) is 8.89. The van der Waals surface area contributed by atoms with Crippen molar-refractivity contribution in [3.8, 4) is 0 Å². The van der Waals surface area contributed by atoms with Gasteiger partial charge in [0.25, 0.3) is 0 Å². The van der Waals surface area contributed by atoms with E-state index in [1.807, 2.05) is 0 Å². The molecule has 0 N–H and O–H groups in total. The van der Waals surface area contributed by atoms with Gasteiger partial charge in [-0.15, -0.1) is 0 Å². The van der Waals surface area contributed by atoms with Crippen LogP contribution in [0.2, 0.25) is 0 Å². The minimum absolute atomic E-state index is 0.442. The van der Waals surface area contributed by atoms with Crippen molar-refractivity contribution in [2.45, 2.75) is 19.5 Å². The second kappa shape index (κ2) is 3.24. The smallest absolute Gasteiger partial charge is 0.434 e. The topological polar surface area (TPSA) is 116 Å². The Morgan fingerprint density at radius 2 is 1.69 bits per heavy atom. The lowest BCUT2D eigenvalue weighted by molar-refractivity contribution is -0.802. The molecule has 0 heterocycles. The molecule has 0 radical (unpaired) electrons. The highest BCUT2D eigenvalue weighted by atomic mass is 32.2. The molecule has 0 spiro atoms. The second-order valence-corrected chi connectivity index (χ2v) is 4.47. The number of sulfonamides is 1. The fourth-order valence-corrected chi connectivity index (χ4v) is 0.774. The Balaban J connectivity index is 5.12. The molecule has 0 aromatic carbocycles. The normalized spacial score (nSPS) is 14.2. The zero-order valence-corrected chi connectivity index (χ0v) is 8.11. The fraction of sp³-hybridized carbons (Fsp3) is 1.00. The Kier molecular flexibility index (Phi) is 2.93. The van der Waals surface area contributed by atoms with Crippen molar-refractivity contribution < 1.29 is 18.2 Å². The van der Waals surface area contributed by atoms with Crippen LogP contribution >= 0.6 is 0 Å². The minimum atomic E-state index is -3.91. The van der Waals surface area contributed by atoms with Crippen LogP contribution in [0.4, 0.5) is 0 Å². The average Bonchev–Trinajstić information content (AvgIpc) is 1.82. The number of rotatable bonds is 3. The van der Waals surface area contributed by atoms with Crippen molar-refractivity contribution in [1.82, 2.24) is 0 Å². The Bertz CT molecular complexity index is 343. The predicted octanol–water partition coefficient (Wildman–Crippen LogP) is -0.0787. The molecule has 0 atom stereocenters. The van der Waals surface area contributed by atoms with E-state index in [-0.39, 0.29) is 0 Å². The van der Waals surface area contributed by atoms with Crippen molar-refractivity contribution in [1.29, 1.82) is 0 Å². The van der Waals surface area contributed by atoms with Gasteiger partial charge in [0, 0.05) is 0 Å². The van der Waals surface area contributed by atoms with E-state index in [9.17, 15) is 23.7 Å². The molecule has 0 aliphatic carbocycles. The number of hydrogen-bond donors (Lipinski definition) is 0. The Hall–Kier alpha value is -1.25. The molecule has 13 heavy (non-hydrogen) atoms. The summed E-state index contributed by atoms with van der Waals surface area (Å²) in [6.45, 7) is 1.91. The molecule has 0 saturated heterocycles. The Labute approximate surface area is 74.7 Å². The molecule has 8 nitrogen and oxygen atoms in total. The molecule has 0 aliphatic heterocycles. The molecule has 0 bridgehead atoms. The van der Waals surface area contributed by atoms with Gasteiger partial charge >= 0.3 is 15.7 Å². The van der Waals surface area contributed by atoms with E-state index in [0.717, 1.165) is 13.8 Å². The molecule has 0 aliphatic rings. The molecule has 0 fully saturated rings. The molecule has 0 saturated carbocycles. The molecule has 0 amide bonds. The van der Waals surface area contributed by atoms with Gasteiger partial charge in [0.1, 0.15) is 4.52 Å². The van der Waals surface area contributed by atoms with Crippen LogP contribution < -0.4 is 0 Å². The summed E-state index contributed by atoms with van der Waals surface area (Å²) in [6.07, 6.45) is 0.675. The van der Waals surface area contributed by atoms with Crippen molar-refractivity contribution in [2.24, 2.45) is 4.52 Å². The highest BCUT2D eigenvalue weighted by Gasteiger charge is 2.42. The third-order valence-electron chi connectivity index (χ3n) is 1.14. The first kappa shape index (κ1) is 11.8. The maximum Gasteiger partial charge on any atom is 0.434 e. The summed E-state index contributed by atoms with van der Waals surface area (Å²) in [7, 11) is -3.91. The SMILES string of the molecule is CC(C)([N+](=O)[O-])/[N+]([O-])=N/S(C)(=O)=O. The van der Waals surface area contributed by atoms with Crippen molar-refractivity contribution in [3.63, 3.8) is 0 Å². The van der Waals surface area contributed by atoms with Crippen LogP contribution in [0.3, 0.4) is 0 Å². The van der Waals surface area contributed by atoms with E-state index >= 15 is 0 Å². The number of hydrogen-bond acceptors (Lipinski definition) is 5. The van der Waals surface area contributed by atoms with Crippen LogP contribution in [0.25, 0.3) is 0 Å². The molecule has 0 aromatic heterocycles. The second-order valence-electron chi connectivity index (χ2n) is 2.84. The van der Waals surface area contributed by atoms with Crippen LogP contribution in [0, 0.1) is 15.3 Å². The van der Waals surface area contributed by atoms with Crippen molar-refractivity contribution in [3.05, 3.63) is 15.3 Å². The van der Waals surface area contributed by atoms with E-state index in [2.05, 4.69) is 4.52 Å². The molecule has 0 rings (SSSR count). The van der Waals surface area contributed by atoms with Crippen LogP contribution in [0.1, 0.15) is 13.8 Å². The van der Waals surface area contributed by atoms with Gasteiger partial charge in [0.15, 0.2) is 0 Å². The molecular formula is C4H9N3O5S. The van der Waals surface area contributed by atoms with Gasteiger partial charge in [-0.05, 0) is 4.86 Å². The first-order chi connectivity index (χ1) is 5.57. The number of nitro groups is 1. The monoisotopic (exact) mass is 211 g/mol. The quantitative estimate of drug-likeness (QED) is 0.213. The zero-order valence-electron chi connectivity index (χ0n) is 7.29. The van der Waals surface area contributed by atoms with Gasteiger partial charge < -0.3 is 5.21 Å². The van der Waals surface area contributed by atoms with E-state index in [1.165, 1.54) is 0 Å². The summed E-state index contributed by atoms with van der Waals surface area (Å²) >= 11 is 0. The van der Waals surface area contributed by atoms with E-state index in [1.54, 1.807) is 0 Å². The molecular weight excluding hydrogens is 202 g/mol. The van der Waals surface area contributed by atoms with Gasteiger partial charge in [-0.25, -0.2) is 0 Å². The fourth-order valence-electron chi connectivity index (χ4n) is 0.304. The average molecular weight is 211 g/mol. The lowest BCUT2D eigenvalue weighted by Gasteiger charge is -2.10. The number of nitrogens with zero attached hydrogens (tertiary/aromatic N) is 3. The lowest BCUT2D eigenvalue weighted by Crippen LogP contribution is -2.40. The standard InChI is InChI=1S/C4H9N3O5S/c1-4(2,7(9)10)6(8)5-13(3,11)12/h1-3H3/b6-5-. The maximum absolute atomic E-state index is 10.9. The van der Waals surface area contributed by atoms with Crippen molar-refractivity contribution >= 4 is 10.0 Å². The van der Waals surface area contributed by atoms with Crippen LogP contribution in [-0.4, -0.2) is 30.1 Å². The predicted molar refractivity (Wildman–Crippen MR) is 42.0 cm³/mol. The summed E-state index contributed by atoms with van der Waals surface area (Å²) < 4.78 is 23.6. The van der Waals surface area contributed by atoms with Gasteiger partial charge in [-0.2, -0.15) is 8.42 Å². The van der Waals surface area contributed by atoms with Gasteiger partial charge in [0.2, 0.25) is 0 Å². The molecule has 0 aromatic rings. The third kappa shape index (κ3) is 3.32. The van der Waals surface area contributed by atoms with Crippen LogP contribution in [0.15, 0.2) is 4.52 Å². The first-order valence-electron chi connectivity index (χ1n) is 3.12. The van der Waals surface area contributed by atoms with E-state index < -0.39 is 25.5 Å². The van der Waals surface area contributed by atoms with Gasteiger partial charge in [-0.1, -0.05) is 0 Å². The molecule has 76 valence electrons. The maximum atomic E-state index is 10.9. The highest BCUT2D eigenvalue weighted by Crippen LogP contribution is 2.09. The Morgan fingerprint density at radius 3 is 1.92 bits per heavy atom. The van der Waals surface area contributed by atoms with E-state index in [4.69, 9.17) is 0 Å². The Morgan fingerprint density at radius 1 is 1.31 bits per heavy atom. The summed E-state index contributed by atoms with van der Waals surface area (Å²) in [6, 6.07) is 0.